The maximum atomic E-state index is 9.98. The van der Waals surface area contributed by atoms with Crippen molar-refractivity contribution in [3.8, 4) is 11.5 Å². The first-order chi connectivity index (χ1) is 8.97. The summed E-state index contributed by atoms with van der Waals surface area (Å²) in [4.78, 5) is 0. The van der Waals surface area contributed by atoms with Gasteiger partial charge in [-0.15, -0.1) is 0 Å². The van der Waals surface area contributed by atoms with Gasteiger partial charge >= 0.3 is 0 Å². The van der Waals surface area contributed by atoms with Crippen LogP contribution >= 0.6 is 23.2 Å². The van der Waals surface area contributed by atoms with Gasteiger partial charge in [-0.3, -0.25) is 0 Å². The zero-order chi connectivity index (χ0) is 14.0. The highest BCUT2D eigenvalue weighted by Gasteiger charge is 2.08. The first kappa shape index (κ1) is 14.0. The Bertz CT molecular complexity index is 609. The fraction of sp³-hybridized carbons (Fsp3) is 0.200. The van der Waals surface area contributed by atoms with E-state index in [1.54, 1.807) is 30.3 Å². The van der Waals surface area contributed by atoms with Gasteiger partial charge in [-0.25, -0.2) is 0 Å². The fourth-order valence-corrected chi connectivity index (χ4v) is 2.51. The number of rotatable bonds is 3. The number of hydrogen-bond donors (Lipinski definition) is 2. The van der Waals surface area contributed by atoms with Crippen molar-refractivity contribution in [2.45, 2.75) is 19.8 Å². The Morgan fingerprint density at radius 1 is 0.895 bits per heavy atom. The third kappa shape index (κ3) is 3.34. The molecule has 19 heavy (non-hydrogen) atoms. The Labute approximate surface area is 122 Å². The molecule has 0 saturated heterocycles. The Hall–Kier alpha value is -1.38. The number of phenolic OH excluding ortho intramolecular Hbond substituents is 2. The lowest BCUT2D eigenvalue weighted by molar-refractivity contribution is 0.460. The number of halogens is 2. The molecule has 0 aliphatic carbocycles. The molecule has 0 amide bonds. The lowest BCUT2D eigenvalue weighted by Crippen LogP contribution is -1.94. The van der Waals surface area contributed by atoms with Crippen molar-refractivity contribution in [2.75, 3.05) is 0 Å². The molecule has 0 saturated carbocycles. The van der Waals surface area contributed by atoms with Crippen LogP contribution in [0.1, 0.15) is 16.7 Å². The summed E-state index contributed by atoms with van der Waals surface area (Å²) in [6.45, 7) is 1.81. The number of phenols is 2. The molecule has 0 radical (unpaired) electrons. The zero-order valence-electron chi connectivity index (χ0n) is 10.5. The van der Waals surface area contributed by atoms with Gasteiger partial charge < -0.3 is 10.2 Å². The molecule has 0 unspecified atom stereocenters. The predicted octanol–water partition coefficient (Wildman–Crippen LogP) is 4.50. The number of benzene rings is 2. The number of hydrogen-bond acceptors (Lipinski definition) is 2. The summed E-state index contributed by atoms with van der Waals surface area (Å²) >= 11 is 11.9. The van der Waals surface area contributed by atoms with E-state index in [0.717, 1.165) is 16.7 Å². The topological polar surface area (TPSA) is 40.5 Å². The molecule has 2 nitrogen and oxygen atoms in total. The second-order valence-electron chi connectivity index (χ2n) is 4.50. The van der Waals surface area contributed by atoms with Gasteiger partial charge in [0.05, 0.1) is 0 Å². The van der Waals surface area contributed by atoms with Gasteiger partial charge in [0.25, 0.3) is 0 Å². The highest BCUT2D eigenvalue weighted by Crippen LogP contribution is 2.29. The van der Waals surface area contributed by atoms with Crippen LogP contribution < -0.4 is 0 Å². The molecule has 0 heterocycles. The Balaban J connectivity index is 2.21. The van der Waals surface area contributed by atoms with Crippen LogP contribution in [0.3, 0.4) is 0 Å². The standard InChI is InChI=1S/C15H14Cl2O2/c1-9-6-13(17)8-11(15(9)19)3-2-10-7-12(16)4-5-14(10)18/h4-8,18-19H,2-3H2,1H3. The van der Waals surface area contributed by atoms with Crippen LogP contribution in [0.4, 0.5) is 0 Å². The smallest absolute Gasteiger partial charge is 0.121 e. The van der Waals surface area contributed by atoms with Crippen LogP contribution in [0, 0.1) is 6.92 Å². The van der Waals surface area contributed by atoms with E-state index in [-0.39, 0.29) is 11.5 Å². The lowest BCUT2D eigenvalue weighted by atomic mass is 10.0. The molecule has 0 fully saturated rings. The van der Waals surface area contributed by atoms with E-state index in [9.17, 15) is 10.2 Å². The lowest BCUT2D eigenvalue weighted by Gasteiger charge is -2.09. The van der Waals surface area contributed by atoms with E-state index in [2.05, 4.69) is 0 Å². The van der Waals surface area contributed by atoms with Gasteiger partial charge in [-0.1, -0.05) is 23.2 Å². The Morgan fingerprint density at radius 3 is 2.26 bits per heavy atom. The SMILES string of the molecule is Cc1cc(Cl)cc(CCc2cc(Cl)ccc2O)c1O. The molecule has 2 N–H and O–H groups in total. The second kappa shape index (κ2) is 5.72. The molecular formula is C15H14Cl2O2. The minimum absolute atomic E-state index is 0.211. The highest BCUT2D eigenvalue weighted by atomic mass is 35.5. The van der Waals surface area contributed by atoms with Crippen LogP contribution in [0.25, 0.3) is 0 Å². The minimum atomic E-state index is 0.211. The minimum Gasteiger partial charge on any atom is -0.508 e. The Morgan fingerprint density at radius 2 is 1.53 bits per heavy atom. The largest absolute Gasteiger partial charge is 0.508 e. The van der Waals surface area contributed by atoms with Crippen molar-refractivity contribution in [2.24, 2.45) is 0 Å². The predicted molar refractivity (Wildman–Crippen MR) is 78.4 cm³/mol. The van der Waals surface area contributed by atoms with Crippen LogP contribution in [0.15, 0.2) is 30.3 Å². The van der Waals surface area contributed by atoms with Gasteiger partial charge in [0.2, 0.25) is 0 Å². The summed E-state index contributed by atoms with van der Waals surface area (Å²) in [5.41, 5.74) is 2.27. The van der Waals surface area contributed by atoms with Crippen LogP contribution in [-0.4, -0.2) is 10.2 Å². The molecule has 4 heteroatoms. The second-order valence-corrected chi connectivity index (χ2v) is 5.38. The highest BCUT2D eigenvalue weighted by molar-refractivity contribution is 6.31. The van der Waals surface area contributed by atoms with Crippen molar-refractivity contribution in [3.05, 3.63) is 57.1 Å². The Kier molecular flexibility index (Phi) is 4.23. The van der Waals surface area contributed by atoms with E-state index in [1.807, 2.05) is 6.92 Å². The van der Waals surface area contributed by atoms with Crippen molar-refractivity contribution < 1.29 is 10.2 Å². The first-order valence-electron chi connectivity index (χ1n) is 5.93. The maximum absolute atomic E-state index is 9.98. The van der Waals surface area contributed by atoms with Gasteiger partial charge in [-0.05, 0) is 66.8 Å². The van der Waals surface area contributed by atoms with E-state index in [0.29, 0.717) is 22.9 Å². The van der Waals surface area contributed by atoms with E-state index >= 15 is 0 Å². The van der Waals surface area contributed by atoms with Crippen molar-refractivity contribution in [1.29, 1.82) is 0 Å². The van der Waals surface area contributed by atoms with Crippen molar-refractivity contribution in [1.82, 2.24) is 0 Å². The summed E-state index contributed by atoms with van der Waals surface area (Å²) in [7, 11) is 0. The first-order valence-corrected chi connectivity index (χ1v) is 6.68. The summed E-state index contributed by atoms with van der Waals surface area (Å²) in [5, 5.41) is 20.9. The van der Waals surface area contributed by atoms with Gasteiger partial charge in [-0.2, -0.15) is 0 Å². The van der Waals surface area contributed by atoms with Crippen LogP contribution in [-0.2, 0) is 12.8 Å². The molecule has 0 bridgehead atoms. The normalized spacial score (nSPS) is 10.7. The molecule has 0 aliphatic rings. The van der Waals surface area contributed by atoms with Crippen LogP contribution in [0.5, 0.6) is 11.5 Å². The summed E-state index contributed by atoms with van der Waals surface area (Å²) in [5.74, 6) is 0.466. The number of aromatic hydroxyl groups is 2. The molecule has 0 aromatic heterocycles. The molecule has 2 aromatic carbocycles. The average Bonchev–Trinajstić information content (AvgIpc) is 2.35. The quantitative estimate of drug-likeness (QED) is 0.875. The monoisotopic (exact) mass is 296 g/mol. The molecule has 0 aliphatic heterocycles. The molecular weight excluding hydrogens is 283 g/mol. The molecule has 0 spiro atoms. The van der Waals surface area contributed by atoms with Gasteiger partial charge in [0.1, 0.15) is 11.5 Å². The maximum Gasteiger partial charge on any atom is 0.121 e. The molecule has 0 atom stereocenters. The van der Waals surface area contributed by atoms with Gasteiger partial charge in [0.15, 0.2) is 0 Å². The molecule has 2 rings (SSSR count). The summed E-state index contributed by atoms with van der Waals surface area (Å²) in [6.07, 6.45) is 1.17. The van der Waals surface area contributed by atoms with Gasteiger partial charge in [0, 0.05) is 10.0 Å². The number of aryl methyl sites for hydroxylation is 3. The zero-order valence-corrected chi connectivity index (χ0v) is 12.0. The van der Waals surface area contributed by atoms with Crippen LogP contribution in [0.2, 0.25) is 10.0 Å². The van der Waals surface area contributed by atoms with E-state index in [4.69, 9.17) is 23.2 Å². The van der Waals surface area contributed by atoms with E-state index in [1.165, 1.54) is 0 Å². The average molecular weight is 297 g/mol. The van der Waals surface area contributed by atoms with Crippen molar-refractivity contribution in [3.63, 3.8) is 0 Å². The molecule has 100 valence electrons. The molecule has 2 aromatic rings. The third-order valence-corrected chi connectivity index (χ3v) is 3.50. The van der Waals surface area contributed by atoms with E-state index < -0.39 is 0 Å². The van der Waals surface area contributed by atoms with Crippen molar-refractivity contribution >= 4 is 23.2 Å². The summed E-state index contributed by atoms with van der Waals surface area (Å²) < 4.78 is 0. The summed E-state index contributed by atoms with van der Waals surface area (Å²) in [6, 6.07) is 8.40. The fourth-order valence-electron chi connectivity index (χ4n) is 2.02. The third-order valence-electron chi connectivity index (χ3n) is 3.05.